The number of nitrogens with one attached hydrogen (secondary N) is 1. The summed E-state index contributed by atoms with van der Waals surface area (Å²) in [5.74, 6) is -0.0663. The highest BCUT2D eigenvalue weighted by atomic mass is 79.9. The third-order valence-corrected chi connectivity index (χ3v) is 3.19. The number of nitrogens with zero attached hydrogens (tertiary/aromatic N) is 2. The molecular formula is C13H15BrN3O3S. The number of ketones is 1. The lowest BCUT2D eigenvalue weighted by molar-refractivity contribution is -0.0000145. The smallest absolute Gasteiger partial charge is 0.564 e. The molecule has 1 radical (unpaired) electrons. The van der Waals surface area contributed by atoms with Crippen molar-refractivity contribution in [1.29, 1.82) is 0 Å². The highest BCUT2D eigenvalue weighted by molar-refractivity contribution is 7.92. The first kappa shape index (κ1) is 17.4. The van der Waals surface area contributed by atoms with Gasteiger partial charge >= 0.3 is 6.67 Å². The van der Waals surface area contributed by atoms with Crippen LogP contribution in [0.2, 0.25) is 0 Å². The number of sulfonamides is 1. The molecule has 1 aliphatic heterocycles. The van der Waals surface area contributed by atoms with E-state index in [1.165, 1.54) is 0 Å². The van der Waals surface area contributed by atoms with E-state index in [1.54, 1.807) is 46.5 Å². The van der Waals surface area contributed by atoms with Gasteiger partial charge in [0.15, 0.2) is 5.78 Å². The lowest BCUT2D eigenvalue weighted by Gasteiger charge is -2.06. The van der Waals surface area contributed by atoms with Crippen LogP contribution in [0.1, 0.15) is 10.4 Å². The van der Waals surface area contributed by atoms with Crippen molar-refractivity contribution >= 4 is 21.5 Å². The van der Waals surface area contributed by atoms with E-state index in [4.69, 9.17) is 0 Å². The van der Waals surface area contributed by atoms with Crippen molar-refractivity contribution in [2.75, 3.05) is 24.6 Å². The minimum absolute atomic E-state index is 0. The minimum Gasteiger partial charge on any atom is -1.00 e. The molecule has 1 aromatic rings. The molecule has 1 aliphatic rings. The molecule has 21 heavy (non-hydrogen) atoms. The van der Waals surface area contributed by atoms with Gasteiger partial charge in [-0.2, -0.15) is 0 Å². The van der Waals surface area contributed by atoms with Gasteiger partial charge in [0.2, 0.25) is 10.0 Å². The second-order valence-electron chi connectivity index (χ2n) is 4.51. The Kier molecular flexibility index (Phi) is 5.68. The molecule has 0 saturated heterocycles. The van der Waals surface area contributed by atoms with E-state index in [9.17, 15) is 13.2 Å². The highest BCUT2D eigenvalue weighted by Gasteiger charge is 2.29. The highest BCUT2D eigenvalue weighted by Crippen LogP contribution is 2.14. The molecule has 0 amide bonds. The number of hydrogen-bond donors (Lipinski definition) is 1. The summed E-state index contributed by atoms with van der Waals surface area (Å²) in [5.41, 5.74) is 0.955. The van der Waals surface area contributed by atoms with E-state index in [2.05, 4.69) is 11.4 Å². The monoisotopic (exact) mass is 372 g/mol. The number of carbonyl (C=O) groups excluding carboxylic acids is 1. The van der Waals surface area contributed by atoms with Crippen molar-refractivity contribution in [3.8, 4) is 0 Å². The Morgan fingerprint density at radius 1 is 1.24 bits per heavy atom. The van der Waals surface area contributed by atoms with Crippen LogP contribution in [0.5, 0.6) is 0 Å². The van der Waals surface area contributed by atoms with Crippen LogP contribution in [-0.4, -0.2) is 43.8 Å². The third-order valence-electron chi connectivity index (χ3n) is 2.58. The summed E-state index contributed by atoms with van der Waals surface area (Å²) < 4.78 is 24.5. The Labute approximate surface area is 135 Å². The standard InChI is InChI=1S/C13H15N3O3S.BrH/c1-15-7-8-16(10-15)9-13(17)11-3-5-12(6-4-11)14-20(2,18)19;/h3-8,14H,9H2,1-2H3;1H/q+1;/p-1. The lowest BCUT2D eigenvalue weighted by Crippen LogP contribution is -3.00. The van der Waals surface area contributed by atoms with Crippen molar-refractivity contribution < 1.29 is 30.2 Å². The van der Waals surface area contributed by atoms with Gasteiger partial charge in [0, 0.05) is 11.3 Å². The molecule has 8 heteroatoms. The van der Waals surface area contributed by atoms with Crippen LogP contribution in [0.3, 0.4) is 0 Å². The SMILES string of the molecule is CN1[C+]N(CC(=O)c2ccc(NS(C)(=O)=O)cc2)C=C1.[Br-]. The molecule has 0 unspecified atom stereocenters. The molecule has 0 fully saturated rings. The predicted octanol–water partition coefficient (Wildman–Crippen LogP) is -2.04. The molecule has 0 spiro atoms. The van der Waals surface area contributed by atoms with Crippen molar-refractivity contribution in [3.05, 3.63) is 48.9 Å². The average molecular weight is 373 g/mol. The van der Waals surface area contributed by atoms with Crippen LogP contribution in [0.4, 0.5) is 5.69 Å². The maximum atomic E-state index is 12.0. The number of hydrogen-bond acceptors (Lipinski definition) is 5. The Balaban J connectivity index is 0.00000220. The first-order valence-electron chi connectivity index (χ1n) is 5.89. The zero-order valence-electron chi connectivity index (χ0n) is 11.6. The van der Waals surface area contributed by atoms with Crippen LogP contribution in [0.25, 0.3) is 0 Å². The maximum Gasteiger partial charge on any atom is 0.564 e. The van der Waals surface area contributed by atoms with E-state index in [0.717, 1.165) is 6.26 Å². The summed E-state index contributed by atoms with van der Waals surface area (Å²) in [6.45, 7) is 3.13. The van der Waals surface area contributed by atoms with Crippen molar-refractivity contribution in [2.45, 2.75) is 0 Å². The number of anilines is 1. The van der Waals surface area contributed by atoms with Gasteiger partial charge < -0.3 is 17.0 Å². The Hall–Kier alpha value is -1.67. The Morgan fingerprint density at radius 2 is 1.86 bits per heavy atom. The van der Waals surface area contributed by atoms with Gasteiger partial charge in [-0.25, -0.2) is 8.42 Å². The molecule has 6 nitrogen and oxygen atoms in total. The topological polar surface area (TPSA) is 69.7 Å². The first-order chi connectivity index (χ1) is 9.33. The molecule has 113 valence electrons. The summed E-state index contributed by atoms with van der Waals surface area (Å²) in [7, 11) is -1.48. The minimum atomic E-state index is -3.30. The van der Waals surface area contributed by atoms with E-state index in [-0.39, 0.29) is 29.3 Å². The van der Waals surface area contributed by atoms with Gasteiger partial charge in [0.1, 0.15) is 6.54 Å². The molecule has 1 N–H and O–H groups in total. The van der Waals surface area contributed by atoms with Crippen LogP contribution in [0, 0.1) is 6.67 Å². The molecular weight excluding hydrogens is 358 g/mol. The Bertz CT molecular complexity index is 629. The van der Waals surface area contributed by atoms with Crippen LogP contribution < -0.4 is 21.7 Å². The predicted molar refractivity (Wildman–Crippen MR) is 76.1 cm³/mol. The van der Waals surface area contributed by atoms with E-state index >= 15 is 0 Å². The van der Waals surface area contributed by atoms with Gasteiger partial charge in [-0.15, -0.1) is 9.80 Å². The van der Waals surface area contributed by atoms with E-state index < -0.39 is 10.0 Å². The van der Waals surface area contributed by atoms with Crippen LogP contribution in [-0.2, 0) is 10.0 Å². The average Bonchev–Trinajstić information content (AvgIpc) is 2.73. The quantitative estimate of drug-likeness (QED) is 0.476. The van der Waals surface area contributed by atoms with Crippen molar-refractivity contribution in [2.24, 2.45) is 0 Å². The summed E-state index contributed by atoms with van der Waals surface area (Å²) in [5, 5.41) is 0. The van der Waals surface area contributed by atoms with Gasteiger partial charge in [-0.1, -0.05) is 0 Å². The number of rotatable bonds is 5. The van der Waals surface area contributed by atoms with E-state index in [1.807, 2.05) is 7.05 Å². The molecule has 0 aliphatic carbocycles. The molecule has 1 aromatic carbocycles. The molecule has 0 saturated carbocycles. The molecule has 2 rings (SSSR count). The van der Waals surface area contributed by atoms with Gasteiger partial charge in [0.05, 0.1) is 25.7 Å². The van der Waals surface area contributed by atoms with Crippen molar-refractivity contribution in [3.63, 3.8) is 0 Å². The van der Waals surface area contributed by atoms with Gasteiger partial charge in [-0.05, 0) is 24.3 Å². The zero-order chi connectivity index (χ0) is 14.8. The molecule has 1 heterocycles. The maximum absolute atomic E-state index is 12.0. The third kappa shape index (κ3) is 5.31. The van der Waals surface area contributed by atoms with Gasteiger partial charge in [0.25, 0.3) is 0 Å². The second-order valence-corrected chi connectivity index (χ2v) is 6.26. The Morgan fingerprint density at radius 3 is 2.33 bits per heavy atom. The normalized spacial score (nSPS) is 13.6. The number of benzene rings is 1. The first-order valence-corrected chi connectivity index (χ1v) is 7.78. The zero-order valence-corrected chi connectivity index (χ0v) is 14.0. The van der Waals surface area contributed by atoms with Gasteiger partial charge in [-0.3, -0.25) is 9.52 Å². The number of carbonyl (C=O) groups is 1. The van der Waals surface area contributed by atoms with Crippen LogP contribution >= 0.6 is 0 Å². The number of halogens is 1. The van der Waals surface area contributed by atoms with Crippen LogP contribution in [0.15, 0.2) is 36.7 Å². The molecule has 0 aromatic heterocycles. The fraction of sp³-hybridized carbons (Fsp3) is 0.231. The fourth-order valence-corrected chi connectivity index (χ4v) is 2.29. The molecule has 0 bridgehead atoms. The van der Waals surface area contributed by atoms with Crippen molar-refractivity contribution in [1.82, 2.24) is 9.80 Å². The lowest BCUT2D eigenvalue weighted by atomic mass is 10.1. The molecule has 0 atom stereocenters. The number of Topliss-reactive ketones (excluding diaryl/α,β-unsaturated/α-hetero) is 1. The largest absolute Gasteiger partial charge is 1.00 e. The second kappa shape index (κ2) is 6.86. The fourth-order valence-electron chi connectivity index (χ4n) is 1.72. The summed E-state index contributed by atoms with van der Waals surface area (Å²) >= 11 is 0. The summed E-state index contributed by atoms with van der Waals surface area (Å²) in [6.07, 6.45) is 4.64. The van der Waals surface area contributed by atoms with E-state index in [0.29, 0.717) is 11.3 Å². The summed E-state index contributed by atoms with van der Waals surface area (Å²) in [4.78, 5) is 15.4. The summed E-state index contributed by atoms with van der Waals surface area (Å²) in [6, 6.07) is 6.32.